The average molecular weight is 224 g/mol. The van der Waals surface area contributed by atoms with Crippen molar-refractivity contribution in [3.8, 4) is 11.8 Å². The summed E-state index contributed by atoms with van der Waals surface area (Å²) < 4.78 is 38.0. The van der Waals surface area contributed by atoms with E-state index in [0.717, 1.165) is 6.07 Å². The summed E-state index contributed by atoms with van der Waals surface area (Å²) in [4.78, 5) is 0. The Labute approximate surface area is 92.8 Å². The van der Waals surface area contributed by atoms with E-state index in [-0.39, 0.29) is 5.56 Å². The molecule has 0 fully saturated rings. The van der Waals surface area contributed by atoms with Gasteiger partial charge >= 0.3 is 6.18 Å². The van der Waals surface area contributed by atoms with E-state index in [1.165, 1.54) is 12.1 Å². The zero-order valence-corrected chi connectivity index (χ0v) is 9.02. The van der Waals surface area contributed by atoms with Gasteiger partial charge in [0.15, 0.2) is 0 Å². The Hall–Kier alpha value is -1.69. The fraction of sp³-hybridized carbons (Fsp3) is 0.231. The Bertz CT molecular complexity index is 456. The number of rotatable bonds is 0. The summed E-state index contributed by atoms with van der Waals surface area (Å²) in [5, 5.41) is 0. The van der Waals surface area contributed by atoms with Crippen molar-refractivity contribution in [3.63, 3.8) is 0 Å². The van der Waals surface area contributed by atoms with Crippen LogP contribution in [0.25, 0.3) is 0 Å². The van der Waals surface area contributed by atoms with Gasteiger partial charge in [-0.15, -0.1) is 0 Å². The fourth-order valence-corrected chi connectivity index (χ4v) is 1.20. The molecule has 1 aromatic carbocycles. The second-order valence-corrected chi connectivity index (χ2v) is 3.32. The van der Waals surface area contributed by atoms with E-state index in [4.69, 9.17) is 0 Å². The van der Waals surface area contributed by atoms with Crippen molar-refractivity contribution in [1.82, 2.24) is 0 Å². The SMILES string of the molecule is C/C=C\C#Cc1ccc(C)cc1C(F)(F)F. The second kappa shape index (κ2) is 4.89. The highest BCUT2D eigenvalue weighted by Crippen LogP contribution is 2.32. The summed E-state index contributed by atoms with van der Waals surface area (Å²) in [5.41, 5.74) is -0.0930. The number of alkyl halides is 3. The molecule has 84 valence electrons. The predicted molar refractivity (Wildman–Crippen MR) is 57.9 cm³/mol. The van der Waals surface area contributed by atoms with Gasteiger partial charge < -0.3 is 0 Å². The molecule has 3 heteroatoms. The van der Waals surface area contributed by atoms with E-state index in [1.54, 1.807) is 26.0 Å². The molecule has 0 aliphatic carbocycles. The molecular formula is C13H11F3. The van der Waals surface area contributed by atoms with E-state index in [0.29, 0.717) is 5.56 Å². The maximum absolute atomic E-state index is 12.7. The molecule has 0 nitrogen and oxygen atoms in total. The van der Waals surface area contributed by atoms with Crippen LogP contribution in [0.5, 0.6) is 0 Å². The van der Waals surface area contributed by atoms with Gasteiger partial charge in [-0.3, -0.25) is 0 Å². The molecule has 0 aliphatic heterocycles. The first-order valence-corrected chi connectivity index (χ1v) is 4.75. The highest BCUT2D eigenvalue weighted by atomic mass is 19.4. The van der Waals surface area contributed by atoms with Crippen molar-refractivity contribution in [2.45, 2.75) is 20.0 Å². The van der Waals surface area contributed by atoms with Gasteiger partial charge in [-0.05, 0) is 32.1 Å². The van der Waals surface area contributed by atoms with E-state index in [9.17, 15) is 13.2 Å². The van der Waals surface area contributed by atoms with Gasteiger partial charge in [0.1, 0.15) is 0 Å². The summed E-state index contributed by atoms with van der Waals surface area (Å²) in [6, 6.07) is 4.13. The molecule has 0 saturated carbocycles. The number of benzene rings is 1. The highest BCUT2D eigenvalue weighted by Gasteiger charge is 2.32. The van der Waals surface area contributed by atoms with Crippen LogP contribution in [0.2, 0.25) is 0 Å². The van der Waals surface area contributed by atoms with Crippen molar-refractivity contribution in [1.29, 1.82) is 0 Å². The highest BCUT2D eigenvalue weighted by molar-refractivity contribution is 5.46. The van der Waals surface area contributed by atoms with Crippen LogP contribution in [0.15, 0.2) is 30.4 Å². The number of hydrogen-bond acceptors (Lipinski definition) is 0. The minimum atomic E-state index is -4.36. The van der Waals surface area contributed by atoms with Gasteiger partial charge in [-0.25, -0.2) is 0 Å². The standard InChI is InChI=1S/C13H11F3/c1-3-4-5-6-11-8-7-10(2)9-12(11)13(14,15)16/h3-4,7-9H,1-2H3/b4-3-. The first-order valence-electron chi connectivity index (χ1n) is 4.75. The first kappa shape index (κ1) is 12.4. The monoisotopic (exact) mass is 224 g/mol. The van der Waals surface area contributed by atoms with Crippen molar-refractivity contribution < 1.29 is 13.2 Å². The van der Waals surface area contributed by atoms with Crippen LogP contribution < -0.4 is 0 Å². The van der Waals surface area contributed by atoms with Gasteiger partial charge in [-0.1, -0.05) is 29.5 Å². The molecule has 0 saturated heterocycles. The second-order valence-electron chi connectivity index (χ2n) is 3.32. The molecule has 0 spiro atoms. The molecule has 0 heterocycles. The van der Waals surface area contributed by atoms with E-state index >= 15 is 0 Å². The maximum atomic E-state index is 12.7. The lowest BCUT2D eigenvalue weighted by Gasteiger charge is -2.09. The van der Waals surface area contributed by atoms with Gasteiger partial charge in [0.05, 0.1) is 5.56 Å². The van der Waals surface area contributed by atoms with Crippen molar-refractivity contribution in [2.75, 3.05) is 0 Å². The number of hydrogen-bond donors (Lipinski definition) is 0. The van der Waals surface area contributed by atoms with Crippen LogP contribution in [0.1, 0.15) is 23.6 Å². The topological polar surface area (TPSA) is 0 Å². The molecule has 0 atom stereocenters. The zero-order chi connectivity index (χ0) is 12.2. The maximum Gasteiger partial charge on any atom is 0.417 e. The lowest BCUT2D eigenvalue weighted by atomic mass is 10.0. The minimum absolute atomic E-state index is 0.0104. The third kappa shape index (κ3) is 3.16. The van der Waals surface area contributed by atoms with Crippen LogP contribution in [0, 0.1) is 18.8 Å². The van der Waals surface area contributed by atoms with E-state index in [2.05, 4.69) is 11.8 Å². The summed E-state index contributed by atoms with van der Waals surface area (Å²) in [6.45, 7) is 3.38. The van der Waals surface area contributed by atoms with Gasteiger partial charge in [-0.2, -0.15) is 13.2 Å². The first-order chi connectivity index (χ1) is 7.45. The van der Waals surface area contributed by atoms with Gasteiger partial charge in [0.2, 0.25) is 0 Å². The molecule has 1 aromatic rings. The van der Waals surface area contributed by atoms with Crippen LogP contribution in [0.4, 0.5) is 13.2 Å². The largest absolute Gasteiger partial charge is 0.417 e. The van der Waals surface area contributed by atoms with E-state index < -0.39 is 11.7 Å². The Kier molecular flexibility index (Phi) is 3.78. The quantitative estimate of drug-likeness (QED) is 0.585. The summed E-state index contributed by atoms with van der Waals surface area (Å²) in [5.74, 6) is 5.04. The molecule has 1 rings (SSSR count). The lowest BCUT2D eigenvalue weighted by molar-refractivity contribution is -0.137. The third-order valence-electron chi connectivity index (χ3n) is 1.94. The normalized spacial score (nSPS) is 11.3. The molecule has 0 unspecified atom stereocenters. The number of halogens is 3. The predicted octanol–water partition coefficient (Wildman–Crippen LogP) is 3.94. The zero-order valence-electron chi connectivity index (χ0n) is 9.02. The Morgan fingerprint density at radius 2 is 1.94 bits per heavy atom. The minimum Gasteiger partial charge on any atom is -0.166 e. The molecule has 0 aliphatic rings. The Morgan fingerprint density at radius 1 is 1.25 bits per heavy atom. The molecule has 0 aromatic heterocycles. The Balaban J connectivity index is 3.25. The average Bonchev–Trinajstić information content (AvgIpc) is 2.19. The van der Waals surface area contributed by atoms with E-state index in [1.807, 2.05) is 0 Å². The molecule has 0 bridgehead atoms. The summed E-state index contributed by atoms with van der Waals surface area (Å²) in [7, 11) is 0. The summed E-state index contributed by atoms with van der Waals surface area (Å²) >= 11 is 0. The lowest BCUT2D eigenvalue weighted by Crippen LogP contribution is -2.08. The van der Waals surface area contributed by atoms with Crippen molar-refractivity contribution in [2.24, 2.45) is 0 Å². The molecular weight excluding hydrogens is 213 g/mol. The van der Waals surface area contributed by atoms with Crippen molar-refractivity contribution in [3.05, 3.63) is 47.0 Å². The smallest absolute Gasteiger partial charge is 0.166 e. The molecule has 0 N–H and O–H groups in total. The van der Waals surface area contributed by atoms with Crippen LogP contribution in [-0.4, -0.2) is 0 Å². The number of allylic oxidation sites excluding steroid dienone is 2. The van der Waals surface area contributed by atoms with Crippen molar-refractivity contribution >= 4 is 0 Å². The molecule has 16 heavy (non-hydrogen) atoms. The summed E-state index contributed by atoms with van der Waals surface area (Å²) in [6.07, 6.45) is -1.17. The number of aryl methyl sites for hydroxylation is 1. The van der Waals surface area contributed by atoms with Crippen LogP contribution >= 0.6 is 0 Å². The van der Waals surface area contributed by atoms with Crippen LogP contribution in [-0.2, 0) is 6.18 Å². The van der Waals surface area contributed by atoms with Gasteiger partial charge in [0.25, 0.3) is 0 Å². The Morgan fingerprint density at radius 3 is 2.50 bits per heavy atom. The molecule has 0 amide bonds. The third-order valence-corrected chi connectivity index (χ3v) is 1.94. The van der Waals surface area contributed by atoms with Crippen LogP contribution in [0.3, 0.4) is 0 Å². The fourth-order valence-electron chi connectivity index (χ4n) is 1.20. The van der Waals surface area contributed by atoms with Gasteiger partial charge in [0, 0.05) is 5.56 Å². The molecule has 0 radical (unpaired) electrons.